The molecule has 1 aliphatic rings. The van der Waals surface area contributed by atoms with Gasteiger partial charge in [-0.2, -0.15) is 0 Å². The van der Waals surface area contributed by atoms with Crippen LogP contribution in [0.1, 0.15) is 16.7 Å². The summed E-state index contributed by atoms with van der Waals surface area (Å²) in [6.07, 6.45) is 1.64. The fourth-order valence-corrected chi connectivity index (χ4v) is 4.19. The van der Waals surface area contributed by atoms with Gasteiger partial charge in [0, 0.05) is 11.6 Å². The number of halogens is 1. The second-order valence-electron chi connectivity index (χ2n) is 6.15. The average molecular weight is 380 g/mol. The standard InChI is InChI=1S/C18H18ClNO4S/c19-16-3-5-17(6-4-16)25(23,24)20-8-7-12-1-2-13-10-15(18(21)22)11-14(13)9-12/h1-6,9,15,20H,7-8,10-11H2,(H,21,22). The van der Waals surface area contributed by atoms with Gasteiger partial charge >= 0.3 is 5.97 Å². The Labute approximate surface area is 151 Å². The monoisotopic (exact) mass is 379 g/mol. The number of hydrogen-bond acceptors (Lipinski definition) is 3. The zero-order chi connectivity index (χ0) is 18.0. The molecule has 2 aromatic rings. The van der Waals surface area contributed by atoms with Crippen molar-refractivity contribution in [2.75, 3.05) is 6.54 Å². The molecular formula is C18H18ClNO4S. The third-order valence-electron chi connectivity index (χ3n) is 4.38. The molecule has 1 aliphatic carbocycles. The van der Waals surface area contributed by atoms with Gasteiger partial charge < -0.3 is 5.11 Å². The second kappa shape index (κ2) is 7.15. The normalized spacial score (nSPS) is 16.6. The molecule has 0 aliphatic heterocycles. The van der Waals surface area contributed by atoms with E-state index in [1.807, 2.05) is 18.2 Å². The van der Waals surface area contributed by atoms with Crippen LogP contribution in [0.5, 0.6) is 0 Å². The molecule has 0 heterocycles. The maximum atomic E-state index is 12.2. The van der Waals surface area contributed by atoms with Crippen LogP contribution in [-0.2, 0) is 34.1 Å². The highest BCUT2D eigenvalue weighted by Gasteiger charge is 2.27. The topological polar surface area (TPSA) is 83.5 Å². The van der Waals surface area contributed by atoms with Crippen LogP contribution in [0.4, 0.5) is 0 Å². The molecule has 2 aromatic carbocycles. The summed E-state index contributed by atoms with van der Waals surface area (Å²) in [5.74, 6) is -1.12. The highest BCUT2D eigenvalue weighted by molar-refractivity contribution is 7.89. The van der Waals surface area contributed by atoms with Crippen LogP contribution in [0.25, 0.3) is 0 Å². The van der Waals surface area contributed by atoms with Crippen molar-refractivity contribution in [3.8, 4) is 0 Å². The van der Waals surface area contributed by atoms with Crippen LogP contribution < -0.4 is 4.72 Å². The Morgan fingerprint density at radius 3 is 2.48 bits per heavy atom. The van der Waals surface area contributed by atoms with Gasteiger partial charge in [0.2, 0.25) is 10.0 Å². The van der Waals surface area contributed by atoms with E-state index < -0.39 is 16.0 Å². The van der Waals surface area contributed by atoms with Crippen LogP contribution in [0, 0.1) is 5.92 Å². The number of carbonyl (C=O) groups is 1. The Kier molecular flexibility index (Phi) is 5.13. The summed E-state index contributed by atoms with van der Waals surface area (Å²) in [4.78, 5) is 11.3. The van der Waals surface area contributed by atoms with E-state index in [9.17, 15) is 13.2 Å². The largest absolute Gasteiger partial charge is 0.481 e. The van der Waals surface area contributed by atoms with Gasteiger partial charge in [-0.3, -0.25) is 4.79 Å². The van der Waals surface area contributed by atoms with Crippen molar-refractivity contribution < 1.29 is 18.3 Å². The zero-order valence-corrected chi connectivity index (χ0v) is 15.0. The van der Waals surface area contributed by atoms with Gasteiger partial charge in [0.15, 0.2) is 0 Å². The maximum Gasteiger partial charge on any atom is 0.307 e. The SMILES string of the molecule is O=C(O)C1Cc2ccc(CCNS(=O)(=O)c3ccc(Cl)cc3)cc2C1. The molecule has 0 spiro atoms. The summed E-state index contributed by atoms with van der Waals surface area (Å²) in [5.41, 5.74) is 3.10. The highest BCUT2D eigenvalue weighted by Crippen LogP contribution is 2.28. The molecule has 0 saturated heterocycles. The average Bonchev–Trinajstić information content (AvgIpc) is 2.99. The minimum atomic E-state index is -3.57. The van der Waals surface area contributed by atoms with E-state index in [2.05, 4.69) is 4.72 Å². The first kappa shape index (κ1) is 17.9. The fourth-order valence-electron chi connectivity index (χ4n) is 3.03. The molecule has 0 amide bonds. The second-order valence-corrected chi connectivity index (χ2v) is 8.35. The summed E-state index contributed by atoms with van der Waals surface area (Å²) >= 11 is 5.77. The van der Waals surface area contributed by atoms with Crippen LogP contribution >= 0.6 is 11.6 Å². The summed E-state index contributed by atoms with van der Waals surface area (Å²) < 4.78 is 27.0. The number of rotatable bonds is 6. The lowest BCUT2D eigenvalue weighted by Gasteiger charge is -2.08. The van der Waals surface area contributed by atoms with Crippen molar-refractivity contribution in [2.24, 2.45) is 5.92 Å². The van der Waals surface area contributed by atoms with Crippen molar-refractivity contribution >= 4 is 27.6 Å². The molecule has 0 fully saturated rings. The van der Waals surface area contributed by atoms with E-state index in [1.54, 1.807) is 0 Å². The molecule has 0 aromatic heterocycles. The Balaban J connectivity index is 1.61. The molecule has 3 rings (SSSR count). The van der Waals surface area contributed by atoms with Crippen LogP contribution in [-0.4, -0.2) is 26.0 Å². The van der Waals surface area contributed by atoms with Gasteiger partial charge in [-0.05, 0) is 60.2 Å². The predicted octanol–water partition coefficient (Wildman–Crippen LogP) is 2.66. The zero-order valence-electron chi connectivity index (χ0n) is 13.4. The Morgan fingerprint density at radius 2 is 1.80 bits per heavy atom. The third kappa shape index (κ3) is 4.21. The first-order chi connectivity index (χ1) is 11.8. The first-order valence-corrected chi connectivity index (χ1v) is 9.80. The van der Waals surface area contributed by atoms with Crippen molar-refractivity contribution in [3.63, 3.8) is 0 Å². The van der Waals surface area contributed by atoms with Gasteiger partial charge in [0.05, 0.1) is 10.8 Å². The number of fused-ring (bicyclic) bond motifs is 1. The number of carboxylic acids is 1. The summed E-state index contributed by atoms with van der Waals surface area (Å²) in [6.45, 7) is 0.270. The molecule has 0 saturated carbocycles. The van der Waals surface area contributed by atoms with Gasteiger partial charge in [0.25, 0.3) is 0 Å². The van der Waals surface area contributed by atoms with E-state index >= 15 is 0 Å². The third-order valence-corrected chi connectivity index (χ3v) is 6.11. The first-order valence-electron chi connectivity index (χ1n) is 7.94. The van der Waals surface area contributed by atoms with Gasteiger partial charge in [-0.15, -0.1) is 0 Å². The molecule has 7 heteroatoms. The number of sulfonamides is 1. The number of benzene rings is 2. The Morgan fingerprint density at radius 1 is 1.12 bits per heavy atom. The van der Waals surface area contributed by atoms with Gasteiger partial charge in [-0.25, -0.2) is 13.1 Å². The molecule has 132 valence electrons. The van der Waals surface area contributed by atoms with E-state index in [-0.39, 0.29) is 17.4 Å². The minimum Gasteiger partial charge on any atom is -0.481 e. The van der Waals surface area contributed by atoms with Crippen LogP contribution in [0.2, 0.25) is 5.02 Å². The Bertz CT molecular complexity index is 894. The van der Waals surface area contributed by atoms with Crippen LogP contribution in [0.3, 0.4) is 0 Å². The van der Waals surface area contributed by atoms with Crippen molar-refractivity contribution in [3.05, 3.63) is 64.2 Å². The fraction of sp³-hybridized carbons (Fsp3) is 0.278. The molecule has 1 atom stereocenters. The lowest BCUT2D eigenvalue weighted by atomic mass is 10.0. The lowest BCUT2D eigenvalue weighted by Crippen LogP contribution is -2.26. The number of carboxylic acid groups (broad SMARTS) is 1. The number of nitrogens with one attached hydrogen (secondary N) is 1. The number of aliphatic carboxylic acids is 1. The van der Waals surface area contributed by atoms with Crippen LogP contribution in [0.15, 0.2) is 47.4 Å². The molecule has 25 heavy (non-hydrogen) atoms. The summed E-state index contributed by atoms with van der Waals surface area (Å²) in [7, 11) is -3.57. The minimum absolute atomic E-state index is 0.176. The lowest BCUT2D eigenvalue weighted by molar-refractivity contribution is -0.141. The summed E-state index contributed by atoms with van der Waals surface area (Å²) in [5, 5.41) is 9.61. The van der Waals surface area contributed by atoms with Crippen molar-refractivity contribution in [2.45, 2.75) is 24.2 Å². The van der Waals surface area contributed by atoms with E-state index in [1.165, 1.54) is 24.3 Å². The highest BCUT2D eigenvalue weighted by atomic mass is 35.5. The smallest absolute Gasteiger partial charge is 0.307 e. The van der Waals surface area contributed by atoms with E-state index in [0.29, 0.717) is 24.3 Å². The maximum absolute atomic E-state index is 12.2. The molecular weight excluding hydrogens is 362 g/mol. The molecule has 0 bridgehead atoms. The quantitative estimate of drug-likeness (QED) is 0.808. The molecule has 5 nitrogen and oxygen atoms in total. The Hall–Kier alpha value is -1.89. The van der Waals surface area contributed by atoms with Gasteiger partial charge in [0.1, 0.15) is 0 Å². The predicted molar refractivity (Wildman–Crippen MR) is 95.3 cm³/mol. The van der Waals surface area contributed by atoms with E-state index in [4.69, 9.17) is 16.7 Å². The van der Waals surface area contributed by atoms with E-state index in [0.717, 1.165) is 16.7 Å². The van der Waals surface area contributed by atoms with Gasteiger partial charge in [-0.1, -0.05) is 29.8 Å². The molecule has 2 N–H and O–H groups in total. The molecule has 0 radical (unpaired) electrons. The summed E-state index contributed by atoms with van der Waals surface area (Å²) in [6, 6.07) is 11.9. The molecule has 1 unspecified atom stereocenters. The number of hydrogen-bond donors (Lipinski definition) is 2. The van der Waals surface area contributed by atoms with Crippen molar-refractivity contribution in [1.82, 2.24) is 4.72 Å². The van der Waals surface area contributed by atoms with Crippen molar-refractivity contribution in [1.29, 1.82) is 0 Å².